The average Bonchev–Trinajstić information content (AvgIpc) is 2.74. The molecule has 0 bridgehead atoms. The first-order valence-electron chi connectivity index (χ1n) is 8.01. The van der Waals surface area contributed by atoms with Crippen LogP contribution in [0.4, 0.5) is 11.4 Å². The number of amides is 2. The molecule has 2 amide bonds. The number of nitrogen functional groups attached to an aromatic ring is 2. The van der Waals surface area contributed by atoms with Crippen molar-refractivity contribution in [3.63, 3.8) is 0 Å². The van der Waals surface area contributed by atoms with E-state index in [0.29, 0.717) is 24.3 Å². The molecule has 1 atom stereocenters. The highest BCUT2D eigenvalue weighted by molar-refractivity contribution is 6.03. The van der Waals surface area contributed by atoms with Gasteiger partial charge in [-0.3, -0.25) is 14.5 Å². The zero-order chi connectivity index (χ0) is 16.1. The van der Waals surface area contributed by atoms with E-state index in [4.69, 9.17) is 11.5 Å². The molecule has 4 N–H and O–H groups in total. The van der Waals surface area contributed by atoms with Gasteiger partial charge in [-0.1, -0.05) is 19.4 Å². The summed E-state index contributed by atoms with van der Waals surface area (Å²) in [6.07, 6.45) is 4.61. The van der Waals surface area contributed by atoms with Crippen LogP contribution in [0.1, 0.15) is 44.6 Å². The summed E-state index contributed by atoms with van der Waals surface area (Å²) in [5.41, 5.74) is 14.0. The van der Waals surface area contributed by atoms with Crippen molar-refractivity contribution in [3.05, 3.63) is 23.8 Å². The van der Waals surface area contributed by atoms with Crippen molar-refractivity contribution in [2.24, 2.45) is 5.92 Å². The predicted molar refractivity (Wildman–Crippen MR) is 87.9 cm³/mol. The fourth-order valence-corrected chi connectivity index (χ4v) is 2.91. The number of carbonyl (C=O) groups excluding carboxylic acids is 2. The molecule has 0 radical (unpaired) electrons. The molecule has 1 aromatic rings. The van der Waals surface area contributed by atoms with Crippen LogP contribution in [0.3, 0.4) is 0 Å². The fraction of sp³-hybridized carbons (Fsp3) is 0.529. The number of nitrogens with two attached hydrogens (primary N) is 2. The summed E-state index contributed by atoms with van der Waals surface area (Å²) >= 11 is 0. The Balaban J connectivity index is 1.84. The van der Waals surface area contributed by atoms with Crippen LogP contribution in [0, 0.1) is 5.92 Å². The van der Waals surface area contributed by atoms with Gasteiger partial charge in [0.05, 0.1) is 0 Å². The van der Waals surface area contributed by atoms with Crippen LogP contribution in [0.5, 0.6) is 0 Å². The lowest BCUT2D eigenvalue weighted by Gasteiger charge is -2.14. The van der Waals surface area contributed by atoms with Crippen molar-refractivity contribution in [1.82, 2.24) is 4.90 Å². The van der Waals surface area contributed by atoms with Crippen LogP contribution in [-0.4, -0.2) is 23.3 Å². The molecule has 5 heteroatoms. The summed E-state index contributed by atoms with van der Waals surface area (Å²) < 4.78 is 0. The largest absolute Gasteiger partial charge is 0.399 e. The number of imide groups is 1. The first kappa shape index (κ1) is 16.3. The van der Waals surface area contributed by atoms with E-state index in [0.717, 1.165) is 37.7 Å². The second-order valence-electron chi connectivity index (χ2n) is 5.99. The van der Waals surface area contributed by atoms with Gasteiger partial charge in [0, 0.05) is 30.3 Å². The highest BCUT2D eigenvalue weighted by Crippen LogP contribution is 2.26. The van der Waals surface area contributed by atoms with E-state index in [-0.39, 0.29) is 17.7 Å². The van der Waals surface area contributed by atoms with Crippen LogP contribution in [0.2, 0.25) is 0 Å². The lowest BCUT2D eigenvalue weighted by atomic mass is 9.97. The Kier molecular flexibility index (Phi) is 5.41. The Labute approximate surface area is 131 Å². The van der Waals surface area contributed by atoms with Gasteiger partial charge in [-0.25, -0.2) is 0 Å². The first-order valence-corrected chi connectivity index (χ1v) is 8.01. The SMILES string of the molecule is CCCCN1C(=O)CC(CCCc2ccc(N)cc2N)C1=O. The van der Waals surface area contributed by atoms with Gasteiger partial charge in [-0.15, -0.1) is 0 Å². The molecule has 1 aromatic carbocycles. The Morgan fingerprint density at radius 2 is 2.00 bits per heavy atom. The van der Waals surface area contributed by atoms with E-state index in [1.165, 1.54) is 4.90 Å². The third-order valence-electron chi connectivity index (χ3n) is 4.24. The Hall–Kier alpha value is -2.04. The number of aryl methyl sites for hydroxylation is 1. The number of hydrogen-bond donors (Lipinski definition) is 2. The van der Waals surface area contributed by atoms with Crippen LogP contribution in [0.25, 0.3) is 0 Å². The van der Waals surface area contributed by atoms with Gasteiger partial charge in [0.2, 0.25) is 11.8 Å². The predicted octanol–water partition coefficient (Wildman–Crippen LogP) is 2.35. The van der Waals surface area contributed by atoms with Crippen molar-refractivity contribution in [2.45, 2.75) is 45.4 Å². The van der Waals surface area contributed by atoms with E-state index >= 15 is 0 Å². The van der Waals surface area contributed by atoms with Crippen LogP contribution in [-0.2, 0) is 16.0 Å². The summed E-state index contributed by atoms with van der Waals surface area (Å²) in [5.74, 6) is -0.168. The van der Waals surface area contributed by atoms with Crippen LogP contribution >= 0.6 is 0 Å². The number of rotatable bonds is 7. The molecule has 0 aliphatic carbocycles. The lowest BCUT2D eigenvalue weighted by Crippen LogP contribution is -2.31. The van der Waals surface area contributed by atoms with Crippen LogP contribution < -0.4 is 11.5 Å². The third kappa shape index (κ3) is 3.78. The topological polar surface area (TPSA) is 89.4 Å². The second kappa shape index (κ2) is 7.29. The third-order valence-corrected chi connectivity index (χ3v) is 4.24. The minimum atomic E-state index is -0.153. The maximum absolute atomic E-state index is 12.2. The molecular weight excluding hydrogens is 278 g/mol. The zero-order valence-electron chi connectivity index (χ0n) is 13.2. The van der Waals surface area contributed by atoms with Gasteiger partial charge in [-0.05, 0) is 43.4 Å². The number of benzene rings is 1. The minimum absolute atomic E-state index is 0.00345. The number of unbranched alkanes of at least 4 members (excludes halogenated alkanes) is 1. The molecule has 1 heterocycles. The average molecular weight is 303 g/mol. The molecule has 1 fully saturated rings. The first-order chi connectivity index (χ1) is 10.5. The van der Waals surface area contributed by atoms with Crippen molar-refractivity contribution >= 4 is 23.2 Å². The molecule has 2 rings (SSSR count). The van der Waals surface area contributed by atoms with Gasteiger partial charge >= 0.3 is 0 Å². The monoisotopic (exact) mass is 303 g/mol. The van der Waals surface area contributed by atoms with Crippen molar-refractivity contribution < 1.29 is 9.59 Å². The van der Waals surface area contributed by atoms with Crippen molar-refractivity contribution in [2.75, 3.05) is 18.0 Å². The number of likely N-dealkylation sites (tertiary alicyclic amines) is 1. The number of hydrogen-bond acceptors (Lipinski definition) is 4. The molecule has 22 heavy (non-hydrogen) atoms. The standard InChI is InChI=1S/C17H25N3O2/c1-2-3-9-20-16(21)10-13(17(20)22)6-4-5-12-7-8-14(18)11-15(12)19/h7-8,11,13H,2-6,9-10,18-19H2,1H3. The van der Waals surface area contributed by atoms with Gasteiger partial charge < -0.3 is 11.5 Å². The Morgan fingerprint density at radius 1 is 1.23 bits per heavy atom. The molecule has 1 aliphatic heterocycles. The summed E-state index contributed by atoms with van der Waals surface area (Å²) in [6.45, 7) is 2.62. The van der Waals surface area contributed by atoms with E-state index in [1.54, 1.807) is 6.07 Å². The summed E-state index contributed by atoms with van der Waals surface area (Å²) in [7, 11) is 0. The van der Waals surface area contributed by atoms with Gasteiger partial charge in [0.15, 0.2) is 0 Å². The van der Waals surface area contributed by atoms with Gasteiger partial charge in [0.25, 0.3) is 0 Å². The molecule has 120 valence electrons. The van der Waals surface area contributed by atoms with Gasteiger partial charge in [-0.2, -0.15) is 0 Å². The highest BCUT2D eigenvalue weighted by atomic mass is 16.2. The molecule has 1 saturated heterocycles. The van der Waals surface area contributed by atoms with Gasteiger partial charge in [0.1, 0.15) is 0 Å². The molecule has 0 saturated carbocycles. The zero-order valence-corrected chi connectivity index (χ0v) is 13.2. The maximum atomic E-state index is 12.2. The minimum Gasteiger partial charge on any atom is -0.399 e. The Morgan fingerprint density at radius 3 is 2.68 bits per heavy atom. The quantitative estimate of drug-likeness (QED) is 0.597. The van der Waals surface area contributed by atoms with E-state index in [1.807, 2.05) is 12.1 Å². The number of nitrogens with zero attached hydrogens (tertiary/aromatic N) is 1. The molecule has 0 aromatic heterocycles. The summed E-state index contributed by atoms with van der Waals surface area (Å²) in [4.78, 5) is 25.6. The number of anilines is 2. The molecule has 1 aliphatic rings. The van der Waals surface area contributed by atoms with E-state index < -0.39 is 0 Å². The molecule has 5 nitrogen and oxygen atoms in total. The molecule has 1 unspecified atom stereocenters. The molecule has 0 spiro atoms. The van der Waals surface area contributed by atoms with Crippen molar-refractivity contribution in [1.29, 1.82) is 0 Å². The summed E-state index contributed by atoms with van der Waals surface area (Å²) in [5, 5.41) is 0. The van der Waals surface area contributed by atoms with Crippen LogP contribution in [0.15, 0.2) is 18.2 Å². The van der Waals surface area contributed by atoms with E-state index in [2.05, 4.69) is 6.92 Å². The number of carbonyl (C=O) groups is 2. The fourth-order valence-electron chi connectivity index (χ4n) is 2.91. The van der Waals surface area contributed by atoms with Crippen molar-refractivity contribution in [3.8, 4) is 0 Å². The smallest absolute Gasteiger partial charge is 0.232 e. The molecular formula is C17H25N3O2. The second-order valence-corrected chi connectivity index (χ2v) is 5.99. The van der Waals surface area contributed by atoms with E-state index in [9.17, 15) is 9.59 Å². The summed E-state index contributed by atoms with van der Waals surface area (Å²) in [6, 6.07) is 5.52. The lowest BCUT2D eigenvalue weighted by molar-refractivity contribution is -0.139. The Bertz CT molecular complexity index is 557. The normalized spacial score (nSPS) is 18.2. The highest BCUT2D eigenvalue weighted by Gasteiger charge is 2.37. The maximum Gasteiger partial charge on any atom is 0.232 e.